The average molecular weight is 334 g/mol. The van der Waals surface area contributed by atoms with Gasteiger partial charge in [0.15, 0.2) is 0 Å². The third-order valence-corrected chi connectivity index (χ3v) is 4.09. The Bertz CT molecular complexity index is 890. The van der Waals surface area contributed by atoms with E-state index in [2.05, 4.69) is 11.4 Å². The van der Waals surface area contributed by atoms with Gasteiger partial charge in [0.05, 0.1) is 16.8 Å². The summed E-state index contributed by atoms with van der Waals surface area (Å²) in [4.78, 5) is 17.4. The summed E-state index contributed by atoms with van der Waals surface area (Å²) < 4.78 is 5.03. The number of pyridine rings is 1. The second-order valence-electron chi connectivity index (χ2n) is 6.04. The van der Waals surface area contributed by atoms with Crippen LogP contribution in [0.2, 0.25) is 0 Å². The van der Waals surface area contributed by atoms with Gasteiger partial charge in [-0.15, -0.1) is 0 Å². The van der Waals surface area contributed by atoms with Gasteiger partial charge >= 0.3 is 0 Å². The van der Waals surface area contributed by atoms with Gasteiger partial charge in [0.2, 0.25) is 0 Å². The maximum absolute atomic E-state index is 12.7. The number of methoxy groups -OCH3 is 1. The van der Waals surface area contributed by atoms with E-state index in [1.54, 1.807) is 7.11 Å². The quantitative estimate of drug-likeness (QED) is 0.694. The third-order valence-electron chi connectivity index (χ3n) is 4.09. The molecule has 0 aliphatic heterocycles. The number of amides is 1. The molecule has 0 unspecified atom stereocenters. The van der Waals surface area contributed by atoms with Crippen molar-refractivity contribution in [2.75, 3.05) is 20.3 Å². The number of aromatic nitrogens is 1. The van der Waals surface area contributed by atoms with Crippen LogP contribution in [0.4, 0.5) is 0 Å². The number of carbonyl (C=O) groups is 1. The molecular weight excluding hydrogens is 312 g/mol. The van der Waals surface area contributed by atoms with Crippen molar-refractivity contribution in [1.29, 1.82) is 0 Å². The number of fused-ring (bicyclic) bond motifs is 1. The second kappa shape index (κ2) is 7.90. The fraction of sp³-hybridized carbons (Fsp3) is 0.238. The molecule has 0 radical (unpaired) electrons. The first-order valence-electron chi connectivity index (χ1n) is 8.43. The van der Waals surface area contributed by atoms with Gasteiger partial charge in [0.1, 0.15) is 0 Å². The Kier molecular flexibility index (Phi) is 5.41. The third kappa shape index (κ3) is 4.03. The minimum absolute atomic E-state index is 0.0800. The Morgan fingerprint density at radius 3 is 2.76 bits per heavy atom. The van der Waals surface area contributed by atoms with Crippen molar-refractivity contribution >= 4 is 16.8 Å². The summed E-state index contributed by atoms with van der Waals surface area (Å²) in [5, 5.41) is 3.83. The van der Waals surface area contributed by atoms with E-state index in [9.17, 15) is 4.79 Å². The molecule has 0 bridgehead atoms. The normalized spacial score (nSPS) is 10.8. The van der Waals surface area contributed by atoms with Crippen LogP contribution in [0.25, 0.3) is 22.2 Å². The maximum Gasteiger partial charge on any atom is 0.252 e. The zero-order chi connectivity index (χ0) is 17.6. The Hall–Kier alpha value is -2.72. The molecule has 0 atom stereocenters. The highest BCUT2D eigenvalue weighted by Crippen LogP contribution is 2.25. The molecule has 1 heterocycles. The van der Waals surface area contributed by atoms with Gasteiger partial charge in [-0.25, -0.2) is 4.98 Å². The van der Waals surface area contributed by atoms with Gasteiger partial charge < -0.3 is 10.1 Å². The lowest BCUT2D eigenvalue weighted by Gasteiger charge is -2.11. The lowest BCUT2D eigenvalue weighted by atomic mass is 10.0. The van der Waals surface area contributed by atoms with E-state index < -0.39 is 0 Å². The van der Waals surface area contributed by atoms with E-state index in [1.807, 2.05) is 55.5 Å². The van der Waals surface area contributed by atoms with Gasteiger partial charge in [-0.05, 0) is 31.5 Å². The minimum Gasteiger partial charge on any atom is -0.385 e. The fourth-order valence-electron chi connectivity index (χ4n) is 2.83. The van der Waals surface area contributed by atoms with Crippen LogP contribution >= 0.6 is 0 Å². The topological polar surface area (TPSA) is 51.2 Å². The number of rotatable bonds is 6. The van der Waals surface area contributed by atoms with E-state index in [1.165, 1.54) is 0 Å². The Morgan fingerprint density at radius 1 is 1.12 bits per heavy atom. The molecule has 1 N–H and O–H groups in total. The fourth-order valence-corrected chi connectivity index (χ4v) is 2.83. The highest BCUT2D eigenvalue weighted by atomic mass is 16.5. The molecule has 2 aromatic carbocycles. The van der Waals surface area contributed by atoms with E-state index in [0.29, 0.717) is 18.7 Å². The summed E-state index contributed by atoms with van der Waals surface area (Å²) in [5.41, 5.74) is 4.46. The van der Waals surface area contributed by atoms with Crippen molar-refractivity contribution in [2.24, 2.45) is 0 Å². The number of hydrogen-bond acceptors (Lipinski definition) is 3. The van der Waals surface area contributed by atoms with Gasteiger partial charge in [-0.2, -0.15) is 0 Å². The number of ether oxygens (including phenoxy) is 1. The molecule has 128 valence electrons. The van der Waals surface area contributed by atoms with E-state index in [4.69, 9.17) is 9.72 Å². The number of hydrogen-bond donors (Lipinski definition) is 1. The van der Waals surface area contributed by atoms with E-state index in [-0.39, 0.29) is 5.91 Å². The van der Waals surface area contributed by atoms with Gasteiger partial charge in [0.25, 0.3) is 5.91 Å². The van der Waals surface area contributed by atoms with Crippen molar-refractivity contribution in [2.45, 2.75) is 13.3 Å². The zero-order valence-corrected chi connectivity index (χ0v) is 14.6. The molecule has 0 saturated carbocycles. The van der Waals surface area contributed by atoms with Crippen LogP contribution in [0.3, 0.4) is 0 Å². The second-order valence-corrected chi connectivity index (χ2v) is 6.04. The number of nitrogens with zero attached hydrogens (tertiary/aromatic N) is 1. The van der Waals surface area contributed by atoms with Gasteiger partial charge in [-0.1, -0.05) is 42.0 Å². The van der Waals surface area contributed by atoms with Gasteiger partial charge in [-0.3, -0.25) is 4.79 Å². The van der Waals surface area contributed by atoms with E-state index >= 15 is 0 Å². The molecule has 1 amide bonds. The van der Waals surface area contributed by atoms with Gasteiger partial charge in [0, 0.05) is 31.2 Å². The smallest absolute Gasteiger partial charge is 0.252 e. The number of nitrogens with one attached hydrogen (secondary N) is 1. The predicted octanol–water partition coefficient (Wildman–Crippen LogP) is 3.98. The van der Waals surface area contributed by atoms with Crippen LogP contribution in [0, 0.1) is 6.92 Å². The summed E-state index contributed by atoms with van der Waals surface area (Å²) in [6.45, 7) is 3.27. The Morgan fingerprint density at radius 2 is 1.96 bits per heavy atom. The molecule has 0 fully saturated rings. The van der Waals surface area contributed by atoms with E-state index in [0.717, 1.165) is 34.1 Å². The molecule has 0 spiro atoms. The maximum atomic E-state index is 12.7. The Labute approximate surface area is 147 Å². The van der Waals surface area contributed by atoms with Crippen LogP contribution in [0.1, 0.15) is 22.3 Å². The summed E-state index contributed by atoms with van der Waals surface area (Å²) in [7, 11) is 1.66. The molecule has 25 heavy (non-hydrogen) atoms. The van der Waals surface area contributed by atoms with Crippen molar-refractivity contribution in [3.63, 3.8) is 0 Å². The summed E-state index contributed by atoms with van der Waals surface area (Å²) in [6.07, 6.45) is 0.788. The molecule has 0 aliphatic carbocycles. The number of carbonyl (C=O) groups excluding carboxylic acids is 1. The lowest BCUT2D eigenvalue weighted by molar-refractivity contribution is 0.0950. The Balaban J connectivity index is 1.99. The van der Waals surface area contributed by atoms with Crippen molar-refractivity contribution < 1.29 is 9.53 Å². The highest BCUT2D eigenvalue weighted by Gasteiger charge is 2.13. The minimum atomic E-state index is -0.0800. The first kappa shape index (κ1) is 17.1. The summed E-state index contributed by atoms with van der Waals surface area (Å²) in [5.74, 6) is -0.0800. The first-order valence-corrected chi connectivity index (χ1v) is 8.43. The zero-order valence-electron chi connectivity index (χ0n) is 14.6. The molecule has 0 saturated heterocycles. The van der Waals surface area contributed by atoms with Crippen molar-refractivity contribution in [3.8, 4) is 11.3 Å². The summed E-state index contributed by atoms with van der Waals surface area (Å²) in [6, 6.07) is 17.8. The molecule has 1 aromatic heterocycles. The molecule has 4 nitrogen and oxygen atoms in total. The van der Waals surface area contributed by atoms with Crippen LogP contribution in [0.15, 0.2) is 54.6 Å². The largest absolute Gasteiger partial charge is 0.385 e. The SMILES string of the molecule is COCCCNC(=O)c1cc(-c2cccc(C)c2)nc2ccccc12. The van der Waals surface area contributed by atoms with Crippen molar-refractivity contribution in [3.05, 3.63) is 65.7 Å². The molecule has 3 rings (SSSR count). The summed E-state index contributed by atoms with van der Waals surface area (Å²) >= 11 is 0. The highest BCUT2D eigenvalue weighted by molar-refractivity contribution is 6.07. The standard InChI is InChI=1S/C21H22N2O2/c1-15-7-5-8-16(13-15)20-14-18(21(24)22-11-6-12-25-2)17-9-3-4-10-19(17)23-20/h3-5,7-10,13-14H,6,11-12H2,1-2H3,(H,22,24). The van der Waals surface area contributed by atoms with Crippen LogP contribution in [0.5, 0.6) is 0 Å². The first-order chi connectivity index (χ1) is 12.2. The van der Waals surface area contributed by atoms with Crippen LogP contribution < -0.4 is 5.32 Å². The number of benzene rings is 2. The average Bonchev–Trinajstić information content (AvgIpc) is 2.64. The van der Waals surface area contributed by atoms with Crippen molar-refractivity contribution in [1.82, 2.24) is 10.3 Å². The molecule has 4 heteroatoms. The number of aryl methyl sites for hydroxylation is 1. The number of para-hydroxylation sites is 1. The molecular formula is C21H22N2O2. The molecule has 3 aromatic rings. The van der Waals surface area contributed by atoms with Crippen LogP contribution in [-0.2, 0) is 4.74 Å². The monoisotopic (exact) mass is 334 g/mol. The lowest BCUT2D eigenvalue weighted by Crippen LogP contribution is -2.25. The van der Waals surface area contributed by atoms with Crippen LogP contribution in [-0.4, -0.2) is 31.2 Å². The predicted molar refractivity (Wildman–Crippen MR) is 101 cm³/mol. The molecule has 0 aliphatic rings.